The molecule has 10 nitrogen and oxygen atoms in total. The van der Waals surface area contributed by atoms with E-state index in [0.29, 0.717) is 45.4 Å². The largest absolute Gasteiger partial charge is 0.442 e. The number of aliphatic hydroxyl groups is 1. The van der Waals surface area contributed by atoms with Crippen LogP contribution in [0.3, 0.4) is 0 Å². The zero-order chi connectivity index (χ0) is 30.5. The fraction of sp³-hybridized carbons (Fsp3) is 0.625. The Labute approximate surface area is 250 Å². The van der Waals surface area contributed by atoms with Gasteiger partial charge in [0.15, 0.2) is 0 Å². The molecule has 1 aromatic heterocycles. The second-order valence-electron chi connectivity index (χ2n) is 11.6. The van der Waals surface area contributed by atoms with Crippen LogP contribution in [0.4, 0.5) is 10.6 Å². The smallest absolute Gasteiger partial charge is 0.410 e. The van der Waals surface area contributed by atoms with Crippen LogP contribution in [0.15, 0.2) is 36.1 Å². The number of aldehydes is 2. The van der Waals surface area contributed by atoms with Gasteiger partial charge in [-0.2, -0.15) is 0 Å². The van der Waals surface area contributed by atoms with Gasteiger partial charge in [0, 0.05) is 57.8 Å². The monoisotopic (exact) mass is 584 g/mol. The average molecular weight is 585 g/mol. The van der Waals surface area contributed by atoms with E-state index in [4.69, 9.17) is 9.47 Å². The molecule has 5 atom stereocenters. The molecule has 2 saturated heterocycles. The van der Waals surface area contributed by atoms with E-state index in [-0.39, 0.29) is 30.3 Å². The molecule has 232 valence electrons. The number of ether oxygens (including phenoxy) is 2. The number of carbonyl (C=O) groups excluding carboxylic acids is 3. The molecule has 0 aliphatic carbocycles. The van der Waals surface area contributed by atoms with Gasteiger partial charge in [0.05, 0.1) is 19.3 Å². The number of morpholine rings is 1. The molecular weight excluding hydrogens is 536 g/mol. The van der Waals surface area contributed by atoms with Gasteiger partial charge < -0.3 is 38.9 Å². The number of carbonyl (C=O) groups is 3. The number of hydrogen-bond donors (Lipinski definition) is 1. The van der Waals surface area contributed by atoms with E-state index in [2.05, 4.69) is 14.8 Å². The van der Waals surface area contributed by atoms with Crippen molar-refractivity contribution in [3.05, 3.63) is 41.6 Å². The first-order chi connectivity index (χ1) is 20.2. The van der Waals surface area contributed by atoms with Crippen LogP contribution >= 0.6 is 0 Å². The molecular formula is C32H48N4O6. The van der Waals surface area contributed by atoms with Gasteiger partial charge in [-0.1, -0.05) is 31.6 Å². The molecule has 0 unspecified atom stereocenters. The number of pyridine rings is 1. The third kappa shape index (κ3) is 10.3. The number of likely N-dealkylation sites (N-methyl/N-ethyl adjacent to an activating group) is 1. The van der Waals surface area contributed by atoms with Crippen LogP contribution in [0, 0.1) is 17.8 Å². The Morgan fingerprint density at radius 2 is 1.81 bits per heavy atom. The quantitative estimate of drug-likeness (QED) is 0.260. The van der Waals surface area contributed by atoms with Crippen molar-refractivity contribution in [1.82, 2.24) is 14.8 Å². The maximum absolute atomic E-state index is 13.0. The molecule has 1 amide bonds. The minimum atomic E-state index is -0.717. The number of aromatic nitrogens is 1. The van der Waals surface area contributed by atoms with Crippen LogP contribution in [0.5, 0.6) is 0 Å². The Morgan fingerprint density at radius 1 is 1.10 bits per heavy atom. The van der Waals surface area contributed by atoms with Crippen LogP contribution in [-0.4, -0.2) is 110 Å². The van der Waals surface area contributed by atoms with E-state index < -0.39 is 12.2 Å². The maximum Gasteiger partial charge on any atom is 0.410 e. The highest BCUT2D eigenvalue weighted by molar-refractivity contribution is 5.68. The van der Waals surface area contributed by atoms with E-state index in [9.17, 15) is 19.5 Å². The second-order valence-corrected chi connectivity index (χ2v) is 11.6. The van der Waals surface area contributed by atoms with Gasteiger partial charge in [0.1, 0.15) is 24.5 Å². The SMILES string of the molecule is C/C(=C\c1ccnc(N2CCOCC2)c1)[C@@H](C=O)[C@@H](C)/C=C/[C@H](OC(=O)N1CCN(C)CC1)[C@@H](C)CC[C@@H](O)CC=O. The fourth-order valence-corrected chi connectivity index (χ4v) is 5.27. The van der Waals surface area contributed by atoms with Crippen molar-refractivity contribution in [2.24, 2.45) is 17.8 Å². The lowest BCUT2D eigenvalue weighted by molar-refractivity contribution is -0.111. The molecule has 1 aromatic rings. The van der Waals surface area contributed by atoms with E-state index in [1.54, 1.807) is 11.1 Å². The number of rotatable bonds is 14. The molecule has 1 N–H and O–H groups in total. The van der Waals surface area contributed by atoms with Crippen LogP contribution in [0.25, 0.3) is 6.08 Å². The molecule has 0 spiro atoms. The molecule has 0 radical (unpaired) electrons. The van der Waals surface area contributed by atoms with Gasteiger partial charge in [-0.05, 0) is 62.4 Å². The predicted octanol–water partition coefficient (Wildman–Crippen LogP) is 3.45. The minimum absolute atomic E-state index is 0.0867. The molecule has 2 fully saturated rings. The summed E-state index contributed by atoms with van der Waals surface area (Å²) in [6.45, 7) is 11.7. The molecule has 0 aromatic carbocycles. The fourth-order valence-electron chi connectivity index (χ4n) is 5.27. The summed E-state index contributed by atoms with van der Waals surface area (Å²) in [5.74, 6) is 0.303. The molecule has 0 saturated carbocycles. The normalized spacial score (nSPS) is 20.5. The number of anilines is 1. The Hall–Kier alpha value is -3.08. The molecule has 10 heteroatoms. The maximum atomic E-state index is 13.0. The van der Waals surface area contributed by atoms with Crippen LogP contribution in [0.1, 0.15) is 45.6 Å². The minimum Gasteiger partial charge on any atom is -0.442 e. The Morgan fingerprint density at radius 3 is 2.48 bits per heavy atom. The van der Waals surface area contributed by atoms with E-state index >= 15 is 0 Å². The van der Waals surface area contributed by atoms with E-state index in [1.165, 1.54) is 0 Å². The topological polar surface area (TPSA) is 113 Å². The highest BCUT2D eigenvalue weighted by Gasteiger charge is 2.26. The van der Waals surface area contributed by atoms with Crippen molar-refractivity contribution in [2.75, 3.05) is 64.4 Å². The standard InChI is InChI=1S/C32H48N4O6/c1-24(29(23-38)26(3)21-27-9-11-33-31(22-27)35-16-19-41-20-17-35)6-8-30(25(2)5-7-28(39)10-18-37)42-32(40)36-14-12-34(4)13-15-36/h6,8-9,11,18,21-25,28-30,39H,5,7,10,12-17,19-20H2,1-4H3/b8-6+,26-21+/t24-,25-,28+,29-,30-/m0/s1. The van der Waals surface area contributed by atoms with Crippen LogP contribution in [0.2, 0.25) is 0 Å². The summed E-state index contributed by atoms with van der Waals surface area (Å²) < 4.78 is 11.4. The molecule has 2 aliphatic rings. The predicted molar refractivity (Wildman–Crippen MR) is 163 cm³/mol. The summed E-state index contributed by atoms with van der Waals surface area (Å²) in [5.41, 5.74) is 1.91. The zero-order valence-corrected chi connectivity index (χ0v) is 25.6. The lowest BCUT2D eigenvalue weighted by Crippen LogP contribution is -2.48. The van der Waals surface area contributed by atoms with Gasteiger partial charge in [0.2, 0.25) is 0 Å². The number of piperazine rings is 1. The molecule has 0 bridgehead atoms. The van der Waals surface area contributed by atoms with E-state index in [1.807, 2.05) is 58.2 Å². The molecule has 42 heavy (non-hydrogen) atoms. The number of hydrogen-bond acceptors (Lipinski definition) is 9. The molecule has 2 aliphatic heterocycles. The summed E-state index contributed by atoms with van der Waals surface area (Å²) in [7, 11) is 2.03. The van der Waals surface area contributed by atoms with Gasteiger partial charge in [-0.15, -0.1) is 0 Å². The number of allylic oxidation sites excluding steroid dienone is 2. The molecule has 3 heterocycles. The van der Waals surface area contributed by atoms with Crippen LogP contribution < -0.4 is 4.90 Å². The van der Waals surface area contributed by atoms with Crippen molar-refractivity contribution in [3.63, 3.8) is 0 Å². The van der Waals surface area contributed by atoms with Crippen molar-refractivity contribution in [3.8, 4) is 0 Å². The Bertz CT molecular complexity index is 1060. The van der Waals surface area contributed by atoms with Crippen molar-refractivity contribution >= 4 is 30.6 Å². The lowest BCUT2D eigenvalue weighted by Gasteiger charge is -2.33. The Kier molecular flexibility index (Phi) is 13.6. The first-order valence-corrected chi connectivity index (χ1v) is 15.1. The number of amides is 1. The van der Waals surface area contributed by atoms with Crippen LogP contribution in [-0.2, 0) is 19.1 Å². The van der Waals surface area contributed by atoms with Gasteiger partial charge in [0.25, 0.3) is 0 Å². The van der Waals surface area contributed by atoms with Gasteiger partial charge in [-0.3, -0.25) is 0 Å². The Balaban J connectivity index is 1.71. The van der Waals surface area contributed by atoms with E-state index in [0.717, 1.165) is 49.4 Å². The first-order valence-electron chi connectivity index (χ1n) is 15.1. The van der Waals surface area contributed by atoms with Crippen molar-refractivity contribution < 1.29 is 29.0 Å². The third-order valence-corrected chi connectivity index (χ3v) is 8.22. The number of nitrogens with zero attached hydrogens (tertiary/aromatic N) is 4. The van der Waals surface area contributed by atoms with Gasteiger partial charge in [-0.25, -0.2) is 9.78 Å². The average Bonchev–Trinajstić information content (AvgIpc) is 2.99. The highest BCUT2D eigenvalue weighted by Crippen LogP contribution is 2.26. The zero-order valence-electron chi connectivity index (χ0n) is 25.6. The highest BCUT2D eigenvalue weighted by atomic mass is 16.6. The summed E-state index contributed by atoms with van der Waals surface area (Å²) in [5, 5.41) is 10.1. The first kappa shape index (κ1) is 33.4. The third-order valence-electron chi connectivity index (χ3n) is 8.22. The van der Waals surface area contributed by atoms with Crippen molar-refractivity contribution in [2.45, 2.75) is 52.2 Å². The summed E-state index contributed by atoms with van der Waals surface area (Å²) >= 11 is 0. The summed E-state index contributed by atoms with van der Waals surface area (Å²) in [6.07, 6.45) is 8.81. The summed E-state index contributed by atoms with van der Waals surface area (Å²) in [6, 6.07) is 3.97. The summed E-state index contributed by atoms with van der Waals surface area (Å²) in [4.78, 5) is 46.7. The molecule has 3 rings (SSSR count). The van der Waals surface area contributed by atoms with Gasteiger partial charge >= 0.3 is 6.09 Å². The second kappa shape index (κ2) is 17.1. The van der Waals surface area contributed by atoms with Crippen molar-refractivity contribution in [1.29, 1.82) is 0 Å². The number of aliphatic hydroxyl groups excluding tert-OH is 1. The lowest BCUT2D eigenvalue weighted by atomic mass is 9.86.